The fourth-order valence-corrected chi connectivity index (χ4v) is 3.67. The summed E-state index contributed by atoms with van der Waals surface area (Å²) in [5, 5.41) is 0. The maximum atomic E-state index is 11.8. The number of hydrogen-bond donors (Lipinski definition) is 2. The van der Waals surface area contributed by atoms with Gasteiger partial charge in [-0.15, -0.1) is 0 Å². The summed E-state index contributed by atoms with van der Waals surface area (Å²) in [7, 11) is 0. The largest absolute Gasteiger partial charge is 0.483 e. The molecule has 6 nitrogen and oxygen atoms in total. The molecule has 2 aromatic rings. The Morgan fingerprint density at radius 3 is 1.85 bits per heavy atom. The van der Waals surface area contributed by atoms with Crippen LogP contribution in [0.5, 0.6) is 11.5 Å². The van der Waals surface area contributed by atoms with Gasteiger partial charge in [-0.3, -0.25) is 20.4 Å². The Labute approximate surface area is 182 Å². The molecule has 0 aliphatic carbocycles. The van der Waals surface area contributed by atoms with Crippen LogP contribution in [0.15, 0.2) is 49.8 Å². The predicted molar refractivity (Wildman–Crippen MR) is 113 cm³/mol. The number of aryl methyl sites for hydroxylation is 1. The van der Waals surface area contributed by atoms with Crippen molar-refractivity contribution in [2.24, 2.45) is 0 Å². The van der Waals surface area contributed by atoms with Crippen molar-refractivity contribution in [1.29, 1.82) is 0 Å². The van der Waals surface area contributed by atoms with Gasteiger partial charge >= 0.3 is 0 Å². The van der Waals surface area contributed by atoms with Crippen molar-refractivity contribution in [1.82, 2.24) is 10.9 Å². The number of hydrogen-bond acceptors (Lipinski definition) is 4. The molecular formula is C18H17Br3N2O4. The molecule has 2 aromatic carbocycles. The molecule has 0 saturated heterocycles. The maximum Gasteiger partial charge on any atom is 0.276 e. The molecule has 2 rings (SSSR count). The van der Waals surface area contributed by atoms with Crippen LogP contribution in [0.25, 0.3) is 0 Å². The van der Waals surface area contributed by atoms with Gasteiger partial charge in [0.15, 0.2) is 13.2 Å². The monoisotopic (exact) mass is 562 g/mol. The smallest absolute Gasteiger partial charge is 0.276 e. The third-order valence-corrected chi connectivity index (χ3v) is 5.09. The van der Waals surface area contributed by atoms with E-state index >= 15 is 0 Å². The average molecular weight is 565 g/mol. The van der Waals surface area contributed by atoms with Crippen LogP contribution < -0.4 is 20.3 Å². The van der Waals surface area contributed by atoms with E-state index < -0.39 is 11.8 Å². The molecule has 0 fully saturated rings. The fourth-order valence-electron chi connectivity index (χ4n) is 1.97. The first-order chi connectivity index (χ1) is 12.9. The van der Waals surface area contributed by atoms with Crippen LogP contribution in [0.3, 0.4) is 0 Å². The third-order valence-electron chi connectivity index (χ3n) is 3.36. The fraction of sp³-hybridized carbons (Fsp3) is 0.222. The Bertz CT molecular complexity index is 830. The molecular weight excluding hydrogens is 548 g/mol. The summed E-state index contributed by atoms with van der Waals surface area (Å²) in [5.74, 6) is 0.0896. The maximum absolute atomic E-state index is 11.8. The lowest BCUT2D eigenvalue weighted by atomic mass is 10.2. The van der Waals surface area contributed by atoms with Crippen molar-refractivity contribution in [3.8, 4) is 11.5 Å². The van der Waals surface area contributed by atoms with E-state index in [1.54, 1.807) is 24.3 Å². The number of halogens is 3. The standard InChI is InChI=1S/C18H17Br3N2O4/c1-2-11-3-5-15(13(20)7-11)26-9-17(24)22-23-18(25)10-27-16-6-4-12(19)8-14(16)21/h3-8H,2,9-10H2,1H3,(H,22,24)(H,23,25). The first-order valence-electron chi connectivity index (χ1n) is 7.95. The second kappa shape index (κ2) is 10.7. The Balaban J connectivity index is 1.72. The zero-order valence-electron chi connectivity index (χ0n) is 14.4. The Hall–Kier alpha value is -1.58. The lowest BCUT2D eigenvalue weighted by Crippen LogP contribution is -2.45. The SMILES string of the molecule is CCc1ccc(OCC(=O)NNC(=O)COc2ccc(Br)cc2Br)c(Br)c1. The van der Waals surface area contributed by atoms with Crippen molar-refractivity contribution in [2.45, 2.75) is 13.3 Å². The number of amides is 2. The van der Waals surface area contributed by atoms with Crippen LogP contribution in [0, 0.1) is 0 Å². The number of rotatable bonds is 7. The Morgan fingerprint density at radius 1 is 0.852 bits per heavy atom. The summed E-state index contributed by atoms with van der Waals surface area (Å²) < 4.78 is 13.2. The van der Waals surface area contributed by atoms with Gasteiger partial charge < -0.3 is 9.47 Å². The normalized spacial score (nSPS) is 10.2. The highest BCUT2D eigenvalue weighted by atomic mass is 79.9. The van der Waals surface area contributed by atoms with Crippen molar-refractivity contribution < 1.29 is 19.1 Å². The predicted octanol–water partition coefficient (Wildman–Crippen LogP) is 4.14. The summed E-state index contributed by atoms with van der Waals surface area (Å²) in [6.45, 7) is 1.58. The van der Waals surface area contributed by atoms with Crippen molar-refractivity contribution in [2.75, 3.05) is 13.2 Å². The minimum atomic E-state index is -0.494. The van der Waals surface area contributed by atoms with E-state index in [0.29, 0.717) is 16.0 Å². The summed E-state index contributed by atoms with van der Waals surface area (Å²) >= 11 is 10.1. The van der Waals surface area contributed by atoms with E-state index in [2.05, 4.69) is 65.6 Å². The average Bonchev–Trinajstić information content (AvgIpc) is 2.64. The van der Waals surface area contributed by atoms with Crippen molar-refractivity contribution in [3.63, 3.8) is 0 Å². The van der Waals surface area contributed by atoms with E-state index in [1.165, 1.54) is 0 Å². The molecule has 0 atom stereocenters. The molecule has 0 aromatic heterocycles. The first-order valence-corrected chi connectivity index (χ1v) is 10.3. The second-order valence-corrected chi connectivity index (χ2v) is 7.99. The molecule has 27 heavy (non-hydrogen) atoms. The second-order valence-electron chi connectivity index (χ2n) is 5.37. The molecule has 0 aliphatic heterocycles. The summed E-state index contributed by atoms with van der Waals surface area (Å²) in [6.07, 6.45) is 0.907. The summed E-state index contributed by atoms with van der Waals surface area (Å²) in [5.41, 5.74) is 5.71. The quantitative estimate of drug-likeness (QED) is 0.496. The van der Waals surface area contributed by atoms with Crippen LogP contribution in [0.2, 0.25) is 0 Å². The number of nitrogens with one attached hydrogen (secondary N) is 2. The molecule has 0 aliphatic rings. The van der Waals surface area contributed by atoms with E-state index in [4.69, 9.17) is 9.47 Å². The van der Waals surface area contributed by atoms with E-state index in [9.17, 15) is 9.59 Å². The van der Waals surface area contributed by atoms with E-state index in [0.717, 1.165) is 20.9 Å². The van der Waals surface area contributed by atoms with Crippen LogP contribution in [0.1, 0.15) is 12.5 Å². The lowest BCUT2D eigenvalue weighted by Gasteiger charge is -2.11. The Kier molecular flexibility index (Phi) is 8.59. The Morgan fingerprint density at radius 2 is 1.37 bits per heavy atom. The topological polar surface area (TPSA) is 76.7 Å². The molecule has 0 saturated carbocycles. The number of ether oxygens (including phenoxy) is 2. The zero-order chi connectivity index (χ0) is 19.8. The van der Waals surface area contributed by atoms with Gasteiger partial charge in [0.1, 0.15) is 11.5 Å². The number of benzene rings is 2. The molecule has 0 radical (unpaired) electrons. The number of carbonyl (C=O) groups excluding carboxylic acids is 2. The van der Waals surface area contributed by atoms with Gasteiger partial charge in [0, 0.05) is 4.47 Å². The highest BCUT2D eigenvalue weighted by Crippen LogP contribution is 2.28. The van der Waals surface area contributed by atoms with Gasteiger partial charge in [-0.1, -0.05) is 28.9 Å². The van der Waals surface area contributed by atoms with Crippen LogP contribution >= 0.6 is 47.8 Å². The minimum Gasteiger partial charge on any atom is -0.483 e. The van der Waals surface area contributed by atoms with Gasteiger partial charge in [0.2, 0.25) is 0 Å². The summed E-state index contributed by atoms with van der Waals surface area (Å²) in [4.78, 5) is 23.6. The van der Waals surface area contributed by atoms with Crippen molar-refractivity contribution in [3.05, 3.63) is 55.4 Å². The van der Waals surface area contributed by atoms with Crippen LogP contribution in [-0.4, -0.2) is 25.0 Å². The number of hydrazine groups is 1. The van der Waals surface area contributed by atoms with Gasteiger partial charge in [0.05, 0.1) is 8.95 Å². The molecule has 2 amide bonds. The molecule has 0 spiro atoms. The van der Waals surface area contributed by atoms with Crippen LogP contribution in [-0.2, 0) is 16.0 Å². The molecule has 0 heterocycles. The lowest BCUT2D eigenvalue weighted by molar-refractivity contribution is -0.131. The van der Waals surface area contributed by atoms with Crippen molar-refractivity contribution >= 4 is 59.6 Å². The molecule has 2 N–H and O–H groups in total. The van der Waals surface area contributed by atoms with Gasteiger partial charge in [-0.05, 0) is 74.2 Å². The van der Waals surface area contributed by atoms with Gasteiger partial charge in [0.25, 0.3) is 11.8 Å². The van der Waals surface area contributed by atoms with Gasteiger partial charge in [-0.2, -0.15) is 0 Å². The third kappa shape index (κ3) is 7.15. The first kappa shape index (κ1) is 21.7. The molecule has 0 unspecified atom stereocenters. The zero-order valence-corrected chi connectivity index (χ0v) is 19.1. The highest BCUT2D eigenvalue weighted by molar-refractivity contribution is 9.11. The molecule has 144 valence electrons. The van der Waals surface area contributed by atoms with E-state index in [1.807, 2.05) is 12.1 Å². The molecule has 0 bridgehead atoms. The molecule has 9 heteroatoms. The number of carbonyl (C=O) groups is 2. The minimum absolute atomic E-state index is 0.233. The van der Waals surface area contributed by atoms with E-state index in [-0.39, 0.29) is 13.2 Å². The summed E-state index contributed by atoms with van der Waals surface area (Å²) in [6, 6.07) is 11.0. The highest BCUT2D eigenvalue weighted by Gasteiger charge is 2.09. The van der Waals surface area contributed by atoms with Gasteiger partial charge in [-0.25, -0.2) is 0 Å². The van der Waals surface area contributed by atoms with Crippen LogP contribution in [0.4, 0.5) is 0 Å².